The van der Waals surface area contributed by atoms with Gasteiger partial charge in [0.1, 0.15) is 5.75 Å². The highest BCUT2D eigenvalue weighted by molar-refractivity contribution is 6.28. The van der Waals surface area contributed by atoms with Crippen LogP contribution in [0, 0.1) is 5.41 Å². The summed E-state index contributed by atoms with van der Waals surface area (Å²) in [6.45, 7) is 4.39. The van der Waals surface area contributed by atoms with E-state index in [-0.39, 0.29) is 17.2 Å². The van der Waals surface area contributed by atoms with Crippen molar-refractivity contribution in [1.29, 1.82) is 0 Å². The van der Waals surface area contributed by atoms with Crippen LogP contribution in [0.4, 0.5) is 5.69 Å². The SMILES string of the molecule is COc1ccc([C@H]2Nc3ccc4ccccc4c3C3=C2CC(C)(C)CC3=O)cc1. The third-order valence-corrected chi connectivity index (χ3v) is 6.18. The van der Waals surface area contributed by atoms with Gasteiger partial charge in [-0.2, -0.15) is 0 Å². The van der Waals surface area contributed by atoms with Crippen molar-refractivity contribution in [2.45, 2.75) is 32.7 Å². The Morgan fingerprint density at radius 2 is 1.72 bits per heavy atom. The van der Waals surface area contributed by atoms with Crippen LogP contribution in [-0.4, -0.2) is 12.9 Å². The lowest BCUT2D eigenvalue weighted by molar-refractivity contribution is -0.116. The molecule has 0 unspecified atom stereocenters. The summed E-state index contributed by atoms with van der Waals surface area (Å²) in [6, 6.07) is 20.8. The number of nitrogens with one attached hydrogen (secondary N) is 1. The van der Waals surface area contributed by atoms with Crippen molar-refractivity contribution in [3.05, 3.63) is 77.4 Å². The Kier molecular flexibility index (Phi) is 4.02. The van der Waals surface area contributed by atoms with Gasteiger partial charge in [0.25, 0.3) is 0 Å². The van der Waals surface area contributed by atoms with E-state index in [9.17, 15) is 4.79 Å². The standard InChI is InChI=1S/C26H25NO2/c1-26(2)14-20-24(22(28)15-26)23-19-7-5-4-6-16(19)10-13-21(23)27-25(20)17-8-11-18(29-3)12-9-17/h4-13,25,27H,14-15H2,1-3H3/t25-/m1/s1. The number of allylic oxidation sites excluding steroid dienone is 1. The van der Waals surface area contributed by atoms with Gasteiger partial charge in [0.15, 0.2) is 5.78 Å². The molecule has 146 valence electrons. The summed E-state index contributed by atoms with van der Waals surface area (Å²) in [5, 5.41) is 6.06. The number of hydrogen-bond acceptors (Lipinski definition) is 3. The van der Waals surface area contributed by atoms with Crippen LogP contribution in [0.3, 0.4) is 0 Å². The molecule has 29 heavy (non-hydrogen) atoms. The minimum Gasteiger partial charge on any atom is -0.497 e. The Bertz CT molecular complexity index is 1160. The molecule has 0 saturated heterocycles. The molecule has 3 aromatic rings. The Morgan fingerprint density at radius 1 is 0.966 bits per heavy atom. The fourth-order valence-corrected chi connectivity index (χ4v) is 4.90. The van der Waals surface area contributed by atoms with Crippen LogP contribution in [0.5, 0.6) is 5.75 Å². The summed E-state index contributed by atoms with van der Waals surface area (Å²) in [5.74, 6) is 1.10. The van der Waals surface area contributed by atoms with Crippen LogP contribution in [0.25, 0.3) is 16.3 Å². The van der Waals surface area contributed by atoms with Crippen LogP contribution in [0.15, 0.2) is 66.2 Å². The number of rotatable bonds is 2. The summed E-state index contributed by atoms with van der Waals surface area (Å²) in [6.07, 6.45) is 1.49. The number of carbonyl (C=O) groups is 1. The van der Waals surface area contributed by atoms with Crippen molar-refractivity contribution in [1.82, 2.24) is 0 Å². The van der Waals surface area contributed by atoms with Crippen LogP contribution in [0.1, 0.15) is 43.9 Å². The Balaban J connectivity index is 1.76. The third kappa shape index (κ3) is 2.93. The maximum absolute atomic E-state index is 13.4. The van der Waals surface area contributed by atoms with Crippen molar-refractivity contribution in [2.75, 3.05) is 12.4 Å². The third-order valence-electron chi connectivity index (χ3n) is 6.18. The van der Waals surface area contributed by atoms with E-state index in [1.54, 1.807) is 7.11 Å². The average Bonchev–Trinajstić information content (AvgIpc) is 2.72. The Hall–Kier alpha value is -3.07. The second kappa shape index (κ2) is 6.48. The molecule has 0 aromatic heterocycles. The van der Waals surface area contributed by atoms with Gasteiger partial charge in [-0.3, -0.25) is 4.79 Å². The summed E-state index contributed by atoms with van der Waals surface area (Å²) < 4.78 is 5.33. The molecule has 0 saturated carbocycles. The van der Waals surface area contributed by atoms with Crippen molar-refractivity contribution in [3.63, 3.8) is 0 Å². The molecule has 1 atom stereocenters. The van der Waals surface area contributed by atoms with Gasteiger partial charge in [-0.15, -0.1) is 0 Å². The molecule has 0 fully saturated rings. The number of Topliss-reactive ketones (excluding diaryl/α,β-unsaturated/α-hetero) is 1. The highest BCUT2D eigenvalue weighted by atomic mass is 16.5. The normalized spacial score (nSPS) is 20.1. The number of ether oxygens (including phenoxy) is 1. The summed E-state index contributed by atoms with van der Waals surface area (Å²) in [4.78, 5) is 13.4. The zero-order chi connectivity index (χ0) is 20.2. The Morgan fingerprint density at radius 3 is 2.48 bits per heavy atom. The smallest absolute Gasteiger partial charge is 0.164 e. The zero-order valence-corrected chi connectivity index (χ0v) is 17.1. The van der Waals surface area contributed by atoms with Gasteiger partial charge in [0.2, 0.25) is 0 Å². The van der Waals surface area contributed by atoms with Gasteiger partial charge >= 0.3 is 0 Å². The molecule has 3 nitrogen and oxygen atoms in total. The molecule has 1 aliphatic heterocycles. The van der Waals surface area contributed by atoms with Crippen molar-refractivity contribution in [2.24, 2.45) is 5.41 Å². The topological polar surface area (TPSA) is 38.3 Å². The zero-order valence-electron chi connectivity index (χ0n) is 17.1. The first kappa shape index (κ1) is 18.0. The molecule has 0 radical (unpaired) electrons. The molecule has 5 rings (SSSR count). The van der Waals surface area contributed by atoms with E-state index in [0.717, 1.165) is 39.9 Å². The van der Waals surface area contributed by atoms with Gasteiger partial charge in [0, 0.05) is 23.2 Å². The van der Waals surface area contributed by atoms with Gasteiger partial charge in [-0.05, 0) is 51.9 Å². The van der Waals surface area contributed by atoms with E-state index >= 15 is 0 Å². The monoisotopic (exact) mass is 383 g/mol. The van der Waals surface area contributed by atoms with E-state index in [4.69, 9.17) is 4.74 Å². The average molecular weight is 383 g/mol. The second-order valence-corrected chi connectivity index (χ2v) is 8.90. The maximum Gasteiger partial charge on any atom is 0.164 e. The number of anilines is 1. The molecule has 2 aliphatic rings. The maximum atomic E-state index is 13.4. The first-order valence-corrected chi connectivity index (χ1v) is 10.2. The highest BCUT2D eigenvalue weighted by Gasteiger charge is 2.40. The fourth-order valence-electron chi connectivity index (χ4n) is 4.90. The van der Waals surface area contributed by atoms with Crippen molar-refractivity contribution < 1.29 is 9.53 Å². The molecule has 0 bridgehead atoms. The van der Waals surface area contributed by atoms with Gasteiger partial charge in [0.05, 0.1) is 13.2 Å². The number of carbonyl (C=O) groups excluding carboxylic acids is 1. The van der Waals surface area contributed by atoms with Gasteiger partial charge < -0.3 is 10.1 Å². The van der Waals surface area contributed by atoms with E-state index in [2.05, 4.69) is 61.6 Å². The molecule has 3 heteroatoms. The Labute approximate surface area is 171 Å². The summed E-state index contributed by atoms with van der Waals surface area (Å²) in [7, 11) is 1.68. The molecule has 1 heterocycles. The van der Waals surface area contributed by atoms with Crippen LogP contribution >= 0.6 is 0 Å². The number of benzene rings is 3. The number of methoxy groups -OCH3 is 1. The second-order valence-electron chi connectivity index (χ2n) is 8.90. The van der Waals surface area contributed by atoms with E-state index in [0.29, 0.717) is 6.42 Å². The minimum atomic E-state index is -0.0373. The van der Waals surface area contributed by atoms with E-state index < -0.39 is 0 Å². The molecule has 1 aliphatic carbocycles. The summed E-state index contributed by atoms with van der Waals surface area (Å²) in [5.41, 5.74) is 5.36. The fraction of sp³-hybridized carbons (Fsp3) is 0.269. The predicted molar refractivity (Wildman–Crippen MR) is 118 cm³/mol. The first-order valence-electron chi connectivity index (χ1n) is 10.2. The molecular formula is C26H25NO2. The molecule has 3 aromatic carbocycles. The van der Waals surface area contributed by atoms with Crippen molar-refractivity contribution in [3.8, 4) is 5.75 Å². The van der Waals surface area contributed by atoms with Crippen LogP contribution in [0.2, 0.25) is 0 Å². The number of hydrogen-bond donors (Lipinski definition) is 1. The largest absolute Gasteiger partial charge is 0.497 e. The summed E-state index contributed by atoms with van der Waals surface area (Å²) >= 11 is 0. The van der Waals surface area contributed by atoms with Crippen LogP contribution in [-0.2, 0) is 4.79 Å². The van der Waals surface area contributed by atoms with E-state index in [1.807, 2.05) is 18.2 Å². The lowest BCUT2D eigenvalue weighted by Crippen LogP contribution is -2.32. The predicted octanol–water partition coefficient (Wildman–Crippen LogP) is 6.16. The first-order chi connectivity index (χ1) is 14.0. The van der Waals surface area contributed by atoms with Crippen molar-refractivity contribution >= 4 is 27.8 Å². The highest BCUT2D eigenvalue weighted by Crippen LogP contribution is 2.51. The van der Waals surface area contributed by atoms with Gasteiger partial charge in [-0.25, -0.2) is 0 Å². The lowest BCUT2D eigenvalue weighted by Gasteiger charge is -2.40. The number of ketones is 1. The quantitative estimate of drug-likeness (QED) is 0.576. The molecule has 0 spiro atoms. The minimum absolute atomic E-state index is 0.00640. The molecular weight excluding hydrogens is 358 g/mol. The number of fused-ring (bicyclic) bond motifs is 4. The lowest BCUT2D eigenvalue weighted by atomic mass is 9.68. The van der Waals surface area contributed by atoms with Gasteiger partial charge in [-0.1, -0.05) is 56.3 Å². The molecule has 1 N–H and O–H groups in total. The van der Waals surface area contributed by atoms with Crippen LogP contribution < -0.4 is 10.1 Å². The van der Waals surface area contributed by atoms with E-state index in [1.165, 1.54) is 11.0 Å². The molecule has 0 amide bonds.